The maximum Gasteiger partial charge on any atom is 0.469 e. The molecule has 0 radical (unpaired) electrons. The maximum atomic E-state index is 10.3. The van der Waals surface area contributed by atoms with Crippen molar-refractivity contribution in [2.75, 3.05) is 12.3 Å². The molecule has 1 unspecified atom stereocenters. The number of H-pyrrole nitrogens is 1. The molecule has 13 nitrogen and oxygen atoms in total. The molecule has 1 aromatic rings. The van der Waals surface area contributed by atoms with Crippen molar-refractivity contribution in [1.82, 2.24) is 9.97 Å². The average molecular weight is 356 g/mol. The van der Waals surface area contributed by atoms with E-state index >= 15 is 0 Å². The molecule has 23 heavy (non-hydrogen) atoms. The highest BCUT2D eigenvalue weighted by Gasteiger charge is 2.42. The fourth-order valence-corrected chi connectivity index (χ4v) is 1.88. The zero-order valence-electron chi connectivity index (χ0n) is 11.5. The lowest BCUT2D eigenvalue weighted by atomic mass is 10.1. The summed E-state index contributed by atoms with van der Waals surface area (Å²) in [6, 6.07) is 0. The fourth-order valence-electron chi connectivity index (χ4n) is 1.54. The Labute approximate surface area is 129 Å². The van der Waals surface area contributed by atoms with E-state index in [1.807, 2.05) is 0 Å². The first-order chi connectivity index (χ1) is 10.5. The van der Waals surface area contributed by atoms with Gasteiger partial charge < -0.3 is 46.3 Å². The van der Waals surface area contributed by atoms with Crippen molar-refractivity contribution in [3.05, 3.63) is 12.0 Å². The number of nitrogen functional groups attached to an aromatic ring is 1. The number of phosphoric ester groups is 1. The van der Waals surface area contributed by atoms with Crippen molar-refractivity contribution in [3.8, 4) is 0 Å². The van der Waals surface area contributed by atoms with Gasteiger partial charge in [0.25, 0.3) is 5.91 Å². The zero-order chi connectivity index (χ0) is 17.8. The number of primary amides is 1. The topological polar surface area (TPSA) is 234 Å². The first-order valence-corrected chi connectivity index (χ1v) is 7.54. The van der Waals surface area contributed by atoms with Gasteiger partial charge >= 0.3 is 7.82 Å². The molecule has 1 amide bonds. The van der Waals surface area contributed by atoms with Crippen molar-refractivity contribution in [2.45, 2.75) is 24.6 Å². The van der Waals surface area contributed by atoms with Crippen LogP contribution in [0.1, 0.15) is 10.5 Å². The largest absolute Gasteiger partial charge is 0.469 e. The van der Waals surface area contributed by atoms with E-state index in [1.54, 1.807) is 0 Å². The highest BCUT2D eigenvalue weighted by Crippen LogP contribution is 2.36. The van der Waals surface area contributed by atoms with Crippen LogP contribution < -0.4 is 11.5 Å². The Morgan fingerprint density at radius 2 is 2.00 bits per heavy atom. The van der Waals surface area contributed by atoms with E-state index in [2.05, 4.69) is 19.2 Å². The minimum absolute atomic E-state index is 0.0926. The Bertz CT molecular complexity index is 575. The molecule has 1 aliphatic rings. The molecule has 0 bridgehead atoms. The van der Waals surface area contributed by atoms with E-state index in [0.29, 0.717) is 0 Å². The molecule has 0 spiro atoms. The van der Waals surface area contributed by atoms with Crippen LogP contribution in [-0.2, 0) is 13.8 Å². The van der Waals surface area contributed by atoms with E-state index in [1.165, 1.54) is 6.33 Å². The van der Waals surface area contributed by atoms with Crippen molar-refractivity contribution in [3.63, 3.8) is 0 Å². The number of carbonyl (C=O) groups excluding carboxylic acids is 1. The van der Waals surface area contributed by atoms with Gasteiger partial charge in [-0.15, -0.1) is 0 Å². The Morgan fingerprint density at radius 1 is 1.39 bits per heavy atom. The summed E-state index contributed by atoms with van der Waals surface area (Å²) in [5.74, 6) is -0.406. The van der Waals surface area contributed by atoms with Crippen LogP contribution in [0.4, 0.5) is 5.82 Å². The molecule has 1 aliphatic heterocycles. The third-order valence-electron chi connectivity index (χ3n) is 2.65. The first kappa shape index (κ1) is 19.5. The number of aromatic nitrogens is 2. The number of rotatable bonds is 4. The van der Waals surface area contributed by atoms with Gasteiger partial charge in [0.1, 0.15) is 24.1 Å². The number of amides is 1. The van der Waals surface area contributed by atoms with Gasteiger partial charge in [-0.05, 0) is 0 Å². The number of nitrogens with one attached hydrogen (secondary N) is 1. The summed E-state index contributed by atoms with van der Waals surface area (Å²) < 4.78 is 18.9. The van der Waals surface area contributed by atoms with Gasteiger partial charge in [0.2, 0.25) is 0 Å². The standard InChI is InChI=1S/C5H11O8P.C4H6N4O/c6-3-2(1-12-14(9,10)11)13-5(8)4(3)7;5-3-2(4(6)9)7-1-8-3/h2-8H,1H2,(H2,9,10,11);1H,5H2,(H2,6,9)(H,7,8)/t2-,3-,4-,5?;/m1./s1. The number of nitrogens with two attached hydrogens (primary N) is 2. The number of carbonyl (C=O) groups is 1. The molecule has 0 saturated carbocycles. The number of nitrogens with zero attached hydrogens (tertiary/aromatic N) is 1. The number of anilines is 1. The quantitative estimate of drug-likeness (QED) is 0.248. The molecule has 1 aromatic heterocycles. The summed E-state index contributed by atoms with van der Waals surface area (Å²) in [7, 11) is -4.64. The number of aliphatic hydroxyl groups excluding tert-OH is 3. The number of hydrogen-bond donors (Lipinski definition) is 8. The molecule has 1 saturated heterocycles. The van der Waals surface area contributed by atoms with Crippen LogP contribution in [0, 0.1) is 0 Å². The first-order valence-electron chi connectivity index (χ1n) is 6.01. The molecular weight excluding hydrogens is 339 g/mol. The zero-order valence-corrected chi connectivity index (χ0v) is 12.4. The summed E-state index contributed by atoms with van der Waals surface area (Å²) >= 11 is 0. The van der Waals surface area contributed by atoms with E-state index in [0.717, 1.165) is 0 Å². The second-order valence-electron chi connectivity index (χ2n) is 4.36. The van der Waals surface area contributed by atoms with E-state index < -0.39 is 44.9 Å². The third-order valence-corrected chi connectivity index (χ3v) is 3.13. The number of aliphatic hydroxyl groups is 3. The lowest BCUT2D eigenvalue weighted by Gasteiger charge is -2.14. The lowest BCUT2D eigenvalue weighted by molar-refractivity contribution is -0.132. The molecule has 14 heteroatoms. The van der Waals surface area contributed by atoms with E-state index in [9.17, 15) is 9.36 Å². The van der Waals surface area contributed by atoms with Crippen LogP contribution in [0.2, 0.25) is 0 Å². The maximum absolute atomic E-state index is 10.3. The number of hydrogen-bond acceptors (Lipinski definition) is 9. The van der Waals surface area contributed by atoms with Crippen molar-refractivity contribution in [2.24, 2.45) is 5.73 Å². The number of aromatic amines is 1. The van der Waals surface area contributed by atoms with Crippen molar-refractivity contribution in [1.29, 1.82) is 0 Å². The predicted octanol–water partition coefficient (Wildman–Crippen LogP) is -3.37. The summed E-state index contributed by atoms with van der Waals surface area (Å²) in [5, 5.41) is 27.0. The van der Waals surface area contributed by atoms with E-state index in [4.69, 9.17) is 36.6 Å². The van der Waals surface area contributed by atoms with Crippen LogP contribution in [-0.4, -0.2) is 72.2 Å². The normalized spacial score (nSPS) is 27.3. The van der Waals surface area contributed by atoms with Crippen LogP contribution in [0.3, 0.4) is 0 Å². The molecule has 2 rings (SSSR count). The predicted molar refractivity (Wildman–Crippen MR) is 72.4 cm³/mol. The lowest BCUT2D eigenvalue weighted by Crippen LogP contribution is -2.34. The van der Waals surface area contributed by atoms with Crippen LogP contribution in [0.25, 0.3) is 0 Å². The molecule has 10 N–H and O–H groups in total. The molecular formula is C9H17N4O9P. The highest BCUT2D eigenvalue weighted by molar-refractivity contribution is 7.46. The second kappa shape index (κ2) is 7.81. The summed E-state index contributed by atoms with van der Waals surface area (Å²) in [5.41, 5.74) is 10.2. The summed E-state index contributed by atoms with van der Waals surface area (Å²) in [4.78, 5) is 33.1. The fraction of sp³-hybridized carbons (Fsp3) is 0.556. The Morgan fingerprint density at radius 3 is 2.30 bits per heavy atom. The summed E-state index contributed by atoms with van der Waals surface area (Å²) in [6.45, 7) is -0.612. The Kier molecular flexibility index (Phi) is 6.61. The van der Waals surface area contributed by atoms with Gasteiger partial charge in [-0.1, -0.05) is 0 Å². The minimum atomic E-state index is -4.64. The van der Waals surface area contributed by atoms with Gasteiger partial charge in [0, 0.05) is 0 Å². The van der Waals surface area contributed by atoms with Gasteiger partial charge in [-0.3, -0.25) is 9.32 Å². The highest BCUT2D eigenvalue weighted by atomic mass is 31.2. The molecule has 0 aromatic carbocycles. The van der Waals surface area contributed by atoms with Gasteiger partial charge in [-0.2, -0.15) is 0 Å². The smallest absolute Gasteiger partial charge is 0.387 e. The number of imidazole rings is 1. The molecule has 1 fully saturated rings. The Hall–Kier alpha value is -1.57. The SMILES string of the molecule is NC(=O)c1nc[nH]c1N.O=P(O)(O)OC[C@H]1OC(O)[C@H](O)[C@@H]1O. The molecule has 2 heterocycles. The number of ether oxygens (including phenoxy) is 1. The minimum Gasteiger partial charge on any atom is -0.387 e. The second-order valence-corrected chi connectivity index (χ2v) is 5.60. The van der Waals surface area contributed by atoms with Crippen LogP contribution in [0.15, 0.2) is 6.33 Å². The third kappa shape index (κ3) is 5.85. The molecule has 4 atom stereocenters. The van der Waals surface area contributed by atoms with Crippen molar-refractivity contribution < 1.29 is 43.7 Å². The van der Waals surface area contributed by atoms with E-state index in [-0.39, 0.29) is 11.5 Å². The monoisotopic (exact) mass is 356 g/mol. The van der Waals surface area contributed by atoms with Crippen LogP contribution >= 0.6 is 7.82 Å². The van der Waals surface area contributed by atoms with Crippen LogP contribution in [0.5, 0.6) is 0 Å². The Balaban J connectivity index is 0.000000253. The summed E-state index contributed by atoms with van der Waals surface area (Å²) in [6.07, 6.45) is -4.35. The van der Waals surface area contributed by atoms with Gasteiger partial charge in [-0.25, -0.2) is 9.55 Å². The molecule has 132 valence electrons. The van der Waals surface area contributed by atoms with Crippen molar-refractivity contribution >= 4 is 19.5 Å². The van der Waals surface area contributed by atoms with Gasteiger partial charge in [0.05, 0.1) is 12.9 Å². The van der Waals surface area contributed by atoms with Gasteiger partial charge in [0.15, 0.2) is 12.0 Å². The molecule has 0 aliphatic carbocycles. The average Bonchev–Trinajstić information content (AvgIpc) is 2.96. The number of phosphoric acid groups is 1.